The smallest absolute Gasteiger partial charge is 0.336 e. The van der Waals surface area contributed by atoms with Crippen molar-refractivity contribution in [3.8, 4) is 5.75 Å². The van der Waals surface area contributed by atoms with Crippen LogP contribution in [0.5, 0.6) is 5.75 Å². The predicted octanol–water partition coefficient (Wildman–Crippen LogP) is 3.27. The Hall–Kier alpha value is -3.61. The molecular formula is C23H21NO6. The van der Waals surface area contributed by atoms with E-state index in [1.165, 1.54) is 11.0 Å². The Morgan fingerprint density at radius 3 is 2.70 bits per heavy atom. The third-order valence-corrected chi connectivity index (χ3v) is 5.18. The number of anilines is 1. The molecule has 1 aliphatic rings. The number of esters is 1. The molecule has 0 N–H and O–H groups in total. The van der Waals surface area contributed by atoms with Crippen LogP contribution in [-0.4, -0.2) is 25.0 Å². The second-order valence-electron chi connectivity index (χ2n) is 7.24. The van der Waals surface area contributed by atoms with E-state index in [0.29, 0.717) is 22.6 Å². The summed E-state index contributed by atoms with van der Waals surface area (Å²) < 4.78 is 16.1. The number of carbonyl (C=O) groups is 2. The average Bonchev–Trinajstić information content (AvgIpc) is 2.72. The van der Waals surface area contributed by atoms with E-state index in [0.717, 1.165) is 16.5 Å². The first-order valence-corrected chi connectivity index (χ1v) is 9.64. The van der Waals surface area contributed by atoms with E-state index in [9.17, 15) is 14.4 Å². The van der Waals surface area contributed by atoms with E-state index in [-0.39, 0.29) is 32.1 Å². The van der Waals surface area contributed by atoms with Gasteiger partial charge in [0.2, 0.25) is 0 Å². The van der Waals surface area contributed by atoms with Gasteiger partial charge in [0.1, 0.15) is 17.9 Å². The maximum Gasteiger partial charge on any atom is 0.336 e. The number of para-hydroxylation sites is 2. The highest BCUT2D eigenvalue weighted by Gasteiger charge is 2.25. The Bertz CT molecular complexity index is 1200. The van der Waals surface area contributed by atoms with Gasteiger partial charge in [0.05, 0.1) is 12.1 Å². The highest BCUT2D eigenvalue weighted by molar-refractivity contribution is 5.98. The molecule has 0 fully saturated rings. The standard InChI is InChI=1S/C23H21NO6/c1-14-9-17-16(11-23(27)30-20(17)10-15(14)2)12-29-22(26)7-8-24-18-5-3-4-6-19(18)28-13-21(24)25/h3-6,9-11H,7-8,12-13H2,1-2H3. The van der Waals surface area contributed by atoms with Crippen molar-refractivity contribution in [3.63, 3.8) is 0 Å². The van der Waals surface area contributed by atoms with Crippen molar-refractivity contribution in [1.82, 2.24) is 0 Å². The number of amides is 1. The highest BCUT2D eigenvalue weighted by Crippen LogP contribution is 2.31. The minimum Gasteiger partial charge on any atom is -0.482 e. The molecule has 0 atom stereocenters. The summed E-state index contributed by atoms with van der Waals surface area (Å²) in [6.07, 6.45) is 0.0254. The van der Waals surface area contributed by atoms with E-state index in [1.54, 1.807) is 18.2 Å². The van der Waals surface area contributed by atoms with E-state index < -0.39 is 11.6 Å². The summed E-state index contributed by atoms with van der Waals surface area (Å²) in [5.41, 5.74) is 3.26. The fourth-order valence-corrected chi connectivity index (χ4v) is 3.43. The summed E-state index contributed by atoms with van der Waals surface area (Å²) in [7, 11) is 0. The molecule has 0 saturated heterocycles. The molecule has 0 unspecified atom stereocenters. The average molecular weight is 407 g/mol. The number of carbonyl (C=O) groups excluding carboxylic acids is 2. The zero-order valence-electron chi connectivity index (χ0n) is 16.8. The fourth-order valence-electron chi connectivity index (χ4n) is 3.43. The van der Waals surface area contributed by atoms with Crippen molar-refractivity contribution in [1.29, 1.82) is 0 Å². The van der Waals surface area contributed by atoms with Crippen molar-refractivity contribution in [2.45, 2.75) is 26.9 Å². The van der Waals surface area contributed by atoms with Crippen LogP contribution >= 0.6 is 0 Å². The van der Waals surface area contributed by atoms with E-state index >= 15 is 0 Å². The Labute approximate surface area is 172 Å². The molecule has 1 aromatic heterocycles. The van der Waals surface area contributed by atoms with Crippen molar-refractivity contribution in [2.75, 3.05) is 18.1 Å². The quantitative estimate of drug-likeness (QED) is 0.477. The first kappa shape index (κ1) is 19.7. The van der Waals surface area contributed by atoms with Gasteiger partial charge in [-0.1, -0.05) is 12.1 Å². The second kappa shape index (κ2) is 8.02. The van der Waals surface area contributed by atoms with Crippen molar-refractivity contribution in [3.05, 3.63) is 69.6 Å². The van der Waals surface area contributed by atoms with Crippen LogP contribution < -0.4 is 15.3 Å². The van der Waals surface area contributed by atoms with Crippen LogP contribution in [-0.2, 0) is 20.9 Å². The number of hydrogen-bond acceptors (Lipinski definition) is 6. The normalized spacial score (nSPS) is 13.1. The van der Waals surface area contributed by atoms with Crippen LogP contribution in [0.2, 0.25) is 0 Å². The molecular weight excluding hydrogens is 386 g/mol. The first-order chi connectivity index (χ1) is 14.4. The number of benzene rings is 2. The molecule has 4 rings (SSSR count). The number of fused-ring (bicyclic) bond motifs is 2. The van der Waals surface area contributed by atoms with Crippen LogP contribution in [0, 0.1) is 13.8 Å². The molecule has 154 valence electrons. The third kappa shape index (κ3) is 3.91. The molecule has 0 radical (unpaired) electrons. The lowest BCUT2D eigenvalue weighted by Crippen LogP contribution is -2.40. The second-order valence-corrected chi connectivity index (χ2v) is 7.24. The first-order valence-electron chi connectivity index (χ1n) is 9.64. The number of nitrogens with zero attached hydrogens (tertiary/aromatic N) is 1. The molecule has 1 amide bonds. The van der Waals surface area contributed by atoms with Gasteiger partial charge in [-0.25, -0.2) is 4.79 Å². The number of aryl methyl sites for hydroxylation is 2. The monoisotopic (exact) mass is 407 g/mol. The Balaban J connectivity index is 1.44. The maximum absolute atomic E-state index is 12.3. The number of hydrogen-bond donors (Lipinski definition) is 0. The van der Waals surface area contributed by atoms with Crippen molar-refractivity contribution >= 4 is 28.5 Å². The van der Waals surface area contributed by atoms with Crippen LogP contribution in [0.4, 0.5) is 5.69 Å². The van der Waals surface area contributed by atoms with Gasteiger partial charge in [-0.2, -0.15) is 0 Å². The molecule has 2 heterocycles. The van der Waals surface area contributed by atoms with Crippen LogP contribution in [0.15, 0.2) is 51.7 Å². The molecule has 0 spiro atoms. The summed E-state index contributed by atoms with van der Waals surface area (Å²) in [6, 6.07) is 12.2. The fraction of sp³-hybridized carbons (Fsp3) is 0.261. The van der Waals surface area contributed by atoms with E-state index in [1.807, 2.05) is 32.0 Å². The van der Waals surface area contributed by atoms with Gasteiger partial charge in [-0.05, 0) is 49.2 Å². The minimum atomic E-state index is -0.493. The lowest BCUT2D eigenvalue weighted by molar-refractivity contribution is -0.144. The van der Waals surface area contributed by atoms with Gasteiger partial charge in [0, 0.05) is 23.6 Å². The molecule has 30 heavy (non-hydrogen) atoms. The Kier molecular flexibility index (Phi) is 5.27. The summed E-state index contributed by atoms with van der Waals surface area (Å²) >= 11 is 0. The van der Waals surface area contributed by atoms with Gasteiger partial charge < -0.3 is 18.8 Å². The van der Waals surface area contributed by atoms with Gasteiger partial charge >= 0.3 is 11.6 Å². The largest absolute Gasteiger partial charge is 0.482 e. The molecule has 0 bridgehead atoms. The zero-order valence-corrected chi connectivity index (χ0v) is 16.8. The van der Waals surface area contributed by atoms with Gasteiger partial charge in [-0.15, -0.1) is 0 Å². The molecule has 2 aromatic carbocycles. The molecule has 0 saturated carbocycles. The van der Waals surface area contributed by atoms with E-state index in [4.69, 9.17) is 13.9 Å². The van der Waals surface area contributed by atoms with Crippen molar-refractivity contribution in [2.24, 2.45) is 0 Å². The molecule has 3 aromatic rings. The van der Waals surface area contributed by atoms with Gasteiger partial charge in [0.25, 0.3) is 5.91 Å². The van der Waals surface area contributed by atoms with Crippen LogP contribution in [0.25, 0.3) is 11.0 Å². The van der Waals surface area contributed by atoms with Gasteiger partial charge in [-0.3, -0.25) is 9.59 Å². The zero-order chi connectivity index (χ0) is 21.3. The lowest BCUT2D eigenvalue weighted by Gasteiger charge is -2.28. The Morgan fingerprint density at radius 2 is 1.87 bits per heavy atom. The third-order valence-electron chi connectivity index (χ3n) is 5.18. The number of rotatable bonds is 5. The van der Waals surface area contributed by atoms with Crippen LogP contribution in [0.1, 0.15) is 23.1 Å². The minimum absolute atomic E-state index is 0.0254. The molecule has 0 aliphatic carbocycles. The predicted molar refractivity (Wildman–Crippen MR) is 111 cm³/mol. The summed E-state index contributed by atoms with van der Waals surface area (Å²) in [6.45, 7) is 3.99. The number of ether oxygens (including phenoxy) is 2. The topological polar surface area (TPSA) is 86.0 Å². The summed E-state index contributed by atoms with van der Waals surface area (Å²) in [5, 5.41) is 0.739. The maximum atomic E-state index is 12.3. The summed E-state index contributed by atoms with van der Waals surface area (Å²) in [5.74, 6) is -0.0605. The highest BCUT2D eigenvalue weighted by atomic mass is 16.5. The molecule has 1 aliphatic heterocycles. The van der Waals surface area contributed by atoms with Gasteiger partial charge in [0.15, 0.2) is 6.61 Å². The Morgan fingerprint density at radius 1 is 1.10 bits per heavy atom. The van der Waals surface area contributed by atoms with Crippen molar-refractivity contribution < 1.29 is 23.5 Å². The van der Waals surface area contributed by atoms with Crippen LogP contribution in [0.3, 0.4) is 0 Å². The SMILES string of the molecule is Cc1cc2oc(=O)cc(COC(=O)CCN3C(=O)COc4ccccc43)c2cc1C. The summed E-state index contributed by atoms with van der Waals surface area (Å²) in [4.78, 5) is 37.9. The lowest BCUT2D eigenvalue weighted by atomic mass is 10.0. The molecule has 7 nitrogen and oxygen atoms in total. The molecule has 7 heteroatoms. The van der Waals surface area contributed by atoms with E-state index in [2.05, 4.69) is 0 Å².